The van der Waals surface area contributed by atoms with Crippen molar-refractivity contribution in [3.8, 4) is 0 Å². The van der Waals surface area contributed by atoms with E-state index in [2.05, 4.69) is 5.32 Å². The standard InChI is InChI=1S/C21H18N2O2S/c22-17-11-5-7-13-19(17)26-14-20(24)23-18-12-6-4-10-16(18)21(25)15-8-2-1-3-9-15/h1-13H,14,22H2,(H,23,24). The molecule has 0 aliphatic rings. The lowest BCUT2D eigenvalue weighted by Gasteiger charge is -2.11. The first-order chi connectivity index (χ1) is 12.6. The fourth-order valence-corrected chi connectivity index (χ4v) is 3.24. The van der Waals surface area contributed by atoms with Gasteiger partial charge in [0.05, 0.1) is 11.4 Å². The largest absolute Gasteiger partial charge is 0.398 e. The van der Waals surface area contributed by atoms with E-state index >= 15 is 0 Å². The Morgan fingerprint density at radius 1 is 0.846 bits per heavy atom. The molecule has 5 heteroatoms. The predicted molar refractivity (Wildman–Crippen MR) is 107 cm³/mol. The van der Waals surface area contributed by atoms with Gasteiger partial charge >= 0.3 is 0 Å². The third-order valence-electron chi connectivity index (χ3n) is 3.76. The number of anilines is 2. The maximum atomic E-state index is 12.7. The Morgan fingerprint density at radius 2 is 1.50 bits per heavy atom. The second kappa shape index (κ2) is 8.36. The van der Waals surface area contributed by atoms with Gasteiger partial charge < -0.3 is 11.1 Å². The molecule has 0 bridgehead atoms. The first-order valence-corrected chi connectivity index (χ1v) is 9.09. The zero-order valence-corrected chi connectivity index (χ0v) is 14.8. The summed E-state index contributed by atoms with van der Waals surface area (Å²) in [5.74, 6) is -0.102. The number of nitrogens with two attached hydrogens (primary N) is 1. The maximum absolute atomic E-state index is 12.7. The molecule has 0 aromatic heterocycles. The third-order valence-corrected chi connectivity index (χ3v) is 4.85. The van der Waals surface area contributed by atoms with Gasteiger partial charge in [-0.15, -0.1) is 11.8 Å². The van der Waals surface area contributed by atoms with Crippen LogP contribution < -0.4 is 11.1 Å². The van der Waals surface area contributed by atoms with Crippen molar-refractivity contribution in [2.24, 2.45) is 0 Å². The molecule has 3 N–H and O–H groups in total. The summed E-state index contributed by atoms with van der Waals surface area (Å²) < 4.78 is 0. The molecule has 130 valence electrons. The zero-order valence-electron chi connectivity index (χ0n) is 14.0. The Kier molecular flexibility index (Phi) is 5.71. The summed E-state index contributed by atoms with van der Waals surface area (Å²) in [5, 5.41) is 2.83. The van der Waals surface area contributed by atoms with E-state index in [0.29, 0.717) is 22.5 Å². The second-order valence-electron chi connectivity index (χ2n) is 5.62. The molecule has 0 aliphatic heterocycles. The van der Waals surface area contributed by atoms with Crippen LogP contribution in [0.5, 0.6) is 0 Å². The molecule has 3 aromatic rings. The number of para-hydroxylation sites is 2. The number of hydrogen-bond donors (Lipinski definition) is 2. The number of benzene rings is 3. The Hall–Kier alpha value is -3.05. The SMILES string of the molecule is Nc1ccccc1SCC(=O)Nc1ccccc1C(=O)c1ccccc1. The van der Waals surface area contributed by atoms with Crippen LogP contribution in [0.2, 0.25) is 0 Å². The average Bonchev–Trinajstić information content (AvgIpc) is 2.68. The van der Waals surface area contributed by atoms with Crippen molar-refractivity contribution in [2.75, 3.05) is 16.8 Å². The van der Waals surface area contributed by atoms with E-state index in [0.717, 1.165) is 4.90 Å². The molecular weight excluding hydrogens is 344 g/mol. The van der Waals surface area contributed by atoms with Gasteiger partial charge in [0.25, 0.3) is 0 Å². The van der Waals surface area contributed by atoms with E-state index in [9.17, 15) is 9.59 Å². The number of nitrogens with one attached hydrogen (secondary N) is 1. The van der Waals surface area contributed by atoms with Gasteiger partial charge in [0.1, 0.15) is 0 Å². The van der Waals surface area contributed by atoms with Gasteiger partial charge in [-0.25, -0.2) is 0 Å². The summed E-state index contributed by atoms with van der Waals surface area (Å²) in [7, 11) is 0. The summed E-state index contributed by atoms with van der Waals surface area (Å²) in [6, 6.07) is 23.4. The highest BCUT2D eigenvalue weighted by molar-refractivity contribution is 8.00. The molecule has 0 heterocycles. The molecule has 26 heavy (non-hydrogen) atoms. The molecule has 0 radical (unpaired) electrons. The lowest BCUT2D eigenvalue weighted by Crippen LogP contribution is -2.17. The first-order valence-electron chi connectivity index (χ1n) is 8.11. The van der Waals surface area contributed by atoms with Gasteiger partial charge in [-0.1, -0.05) is 54.6 Å². The van der Waals surface area contributed by atoms with Crippen molar-refractivity contribution >= 4 is 34.8 Å². The van der Waals surface area contributed by atoms with Gasteiger partial charge in [-0.2, -0.15) is 0 Å². The molecule has 0 saturated carbocycles. The van der Waals surface area contributed by atoms with E-state index in [1.165, 1.54) is 11.8 Å². The number of carbonyl (C=O) groups excluding carboxylic acids is 2. The molecule has 0 aliphatic carbocycles. The van der Waals surface area contributed by atoms with Crippen molar-refractivity contribution in [1.29, 1.82) is 0 Å². The van der Waals surface area contributed by atoms with Crippen LogP contribution in [0.15, 0.2) is 83.8 Å². The van der Waals surface area contributed by atoms with E-state index in [-0.39, 0.29) is 17.4 Å². The van der Waals surface area contributed by atoms with E-state index < -0.39 is 0 Å². The molecule has 0 saturated heterocycles. The van der Waals surface area contributed by atoms with Gasteiger partial charge in [-0.05, 0) is 24.3 Å². The number of amides is 1. The first kappa shape index (κ1) is 17.8. The summed E-state index contributed by atoms with van der Waals surface area (Å²) in [4.78, 5) is 25.9. The van der Waals surface area contributed by atoms with Crippen LogP contribution in [0.3, 0.4) is 0 Å². The van der Waals surface area contributed by atoms with Crippen LogP contribution in [0.1, 0.15) is 15.9 Å². The van der Waals surface area contributed by atoms with E-state index in [4.69, 9.17) is 5.73 Å². The van der Waals surface area contributed by atoms with Crippen LogP contribution in [0.25, 0.3) is 0 Å². The normalized spacial score (nSPS) is 10.3. The molecule has 0 fully saturated rings. The lowest BCUT2D eigenvalue weighted by molar-refractivity contribution is -0.113. The van der Waals surface area contributed by atoms with Crippen molar-refractivity contribution in [3.63, 3.8) is 0 Å². The van der Waals surface area contributed by atoms with Crippen LogP contribution in [-0.2, 0) is 4.79 Å². The average molecular weight is 362 g/mol. The number of rotatable bonds is 6. The van der Waals surface area contributed by atoms with Crippen molar-refractivity contribution < 1.29 is 9.59 Å². The van der Waals surface area contributed by atoms with Crippen molar-refractivity contribution in [1.82, 2.24) is 0 Å². The van der Waals surface area contributed by atoms with E-state index in [1.54, 1.807) is 42.5 Å². The summed E-state index contributed by atoms with van der Waals surface area (Å²) in [6.45, 7) is 0. The number of ketones is 1. The Labute approximate surface area is 156 Å². The second-order valence-corrected chi connectivity index (χ2v) is 6.63. The minimum atomic E-state index is -0.188. The smallest absolute Gasteiger partial charge is 0.234 e. The molecule has 0 atom stereocenters. The minimum Gasteiger partial charge on any atom is -0.398 e. The van der Waals surface area contributed by atoms with Crippen molar-refractivity contribution in [3.05, 3.63) is 90.0 Å². The predicted octanol–water partition coefficient (Wildman–Crippen LogP) is 4.23. The summed E-state index contributed by atoms with van der Waals surface area (Å²) in [6.07, 6.45) is 0. The number of nitrogen functional groups attached to an aromatic ring is 1. The number of hydrogen-bond acceptors (Lipinski definition) is 4. The Balaban J connectivity index is 1.71. The molecule has 3 aromatic carbocycles. The fourth-order valence-electron chi connectivity index (χ4n) is 2.48. The van der Waals surface area contributed by atoms with Crippen LogP contribution in [-0.4, -0.2) is 17.4 Å². The zero-order chi connectivity index (χ0) is 18.4. The highest BCUT2D eigenvalue weighted by Crippen LogP contribution is 2.25. The van der Waals surface area contributed by atoms with Crippen LogP contribution in [0.4, 0.5) is 11.4 Å². The quantitative estimate of drug-likeness (QED) is 0.391. The minimum absolute atomic E-state index is 0.124. The fraction of sp³-hybridized carbons (Fsp3) is 0.0476. The van der Waals surface area contributed by atoms with E-state index in [1.807, 2.05) is 36.4 Å². The summed E-state index contributed by atoms with van der Waals surface area (Å²) >= 11 is 1.36. The molecule has 4 nitrogen and oxygen atoms in total. The van der Waals surface area contributed by atoms with Crippen LogP contribution >= 0.6 is 11.8 Å². The van der Waals surface area contributed by atoms with Gasteiger partial charge in [0.2, 0.25) is 5.91 Å². The highest BCUT2D eigenvalue weighted by atomic mass is 32.2. The van der Waals surface area contributed by atoms with Crippen LogP contribution in [0, 0.1) is 0 Å². The molecular formula is C21H18N2O2S. The Bertz CT molecular complexity index is 926. The number of carbonyl (C=O) groups is 2. The van der Waals surface area contributed by atoms with Gasteiger partial charge in [0.15, 0.2) is 5.78 Å². The monoisotopic (exact) mass is 362 g/mol. The maximum Gasteiger partial charge on any atom is 0.234 e. The molecule has 0 spiro atoms. The van der Waals surface area contributed by atoms with Gasteiger partial charge in [-0.3, -0.25) is 9.59 Å². The number of thioether (sulfide) groups is 1. The van der Waals surface area contributed by atoms with Gasteiger partial charge in [0, 0.05) is 21.7 Å². The molecule has 3 rings (SSSR count). The topological polar surface area (TPSA) is 72.2 Å². The lowest BCUT2D eigenvalue weighted by atomic mass is 10.0. The highest BCUT2D eigenvalue weighted by Gasteiger charge is 2.15. The summed E-state index contributed by atoms with van der Waals surface area (Å²) in [5.41, 5.74) is 8.09. The van der Waals surface area contributed by atoms with Crippen molar-refractivity contribution in [2.45, 2.75) is 4.90 Å². The molecule has 0 unspecified atom stereocenters. The Morgan fingerprint density at radius 3 is 2.27 bits per heavy atom. The third kappa shape index (κ3) is 4.32. The molecule has 1 amide bonds.